The van der Waals surface area contributed by atoms with Crippen LogP contribution in [-0.4, -0.2) is 28.0 Å². The molecule has 19 heavy (non-hydrogen) atoms. The molecule has 7 heteroatoms. The fourth-order valence-corrected chi connectivity index (χ4v) is 2.51. The monoisotopic (exact) mass is 284 g/mol. The van der Waals surface area contributed by atoms with E-state index in [2.05, 4.69) is 9.97 Å². The Hall–Kier alpha value is -1.43. The van der Waals surface area contributed by atoms with E-state index in [1.54, 1.807) is 6.92 Å². The van der Waals surface area contributed by atoms with Gasteiger partial charge in [0.25, 0.3) is 0 Å². The van der Waals surface area contributed by atoms with Gasteiger partial charge in [0.15, 0.2) is 0 Å². The second-order valence-electron chi connectivity index (χ2n) is 4.84. The molecule has 1 aromatic rings. The number of hydrogen-bond acceptors (Lipinski definition) is 5. The molecule has 0 amide bonds. The molecular weight excluding hydrogens is 268 g/mol. The van der Waals surface area contributed by atoms with E-state index in [9.17, 15) is 10.1 Å². The molecule has 0 unspecified atom stereocenters. The number of aromatic nitrogens is 2. The molecule has 1 fully saturated rings. The number of rotatable bonds is 5. The first-order valence-corrected chi connectivity index (χ1v) is 6.84. The van der Waals surface area contributed by atoms with Gasteiger partial charge in [0.1, 0.15) is 5.69 Å². The molecule has 1 aromatic heterocycles. The van der Waals surface area contributed by atoms with Gasteiger partial charge in [-0.1, -0.05) is 6.42 Å². The minimum Gasteiger partial charge on any atom is -0.351 e. The quantitative estimate of drug-likeness (QED) is 0.472. The highest BCUT2D eigenvalue weighted by Gasteiger charge is 2.28. The number of anilines is 1. The lowest BCUT2D eigenvalue weighted by Gasteiger charge is -2.32. The average molecular weight is 285 g/mol. The van der Waals surface area contributed by atoms with E-state index >= 15 is 0 Å². The fourth-order valence-electron chi connectivity index (χ4n) is 2.31. The summed E-state index contributed by atoms with van der Waals surface area (Å²) in [5.41, 5.74) is 0.276. The summed E-state index contributed by atoms with van der Waals surface area (Å²) in [6.07, 6.45) is 3.61. The van der Waals surface area contributed by atoms with Gasteiger partial charge >= 0.3 is 5.69 Å². The summed E-state index contributed by atoms with van der Waals surface area (Å²) in [6.45, 7) is 5.02. The molecule has 0 aliphatic heterocycles. The van der Waals surface area contributed by atoms with E-state index < -0.39 is 4.92 Å². The third-order valence-electron chi connectivity index (χ3n) is 3.58. The van der Waals surface area contributed by atoms with Gasteiger partial charge in [-0.05, 0) is 44.2 Å². The zero-order chi connectivity index (χ0) is 14.0. The molecule has 1 heterocycles. The minimum atomic E-state index is -0.426. The van der Waals surface area contributed by atoms with Crippen LogP contribution in [0.4, 0.5) is 11.5 Å². The largest absolute Gasteiger partial charge is 0.351 e. The molecule has 6 nitrogen and oxygen atoms in total. The molecule has 0 atom stereocenters. The standard InChI is InChI=1S/C12H17ClN4O2/c1-3-16(7-9-5-4-6-9)11-10(17(18)19)8(2)14-12(13)15-11/h9H,3-7H2,1-2H3. The van der Waals surface area contributed by atoms with Crippen molar-refractivity contribution in [2.24, 2.45) is 5.92 Å². The Morgan fingerprint density at radius 1 is 1.47 bits per heavy atom. The topological polar surface area (TPSA) is 72.2 Å². The second kappa shape index (κ2) is 5.69. The highest BCUT2D eigenvalue weighted by molar-refractivity contribution is 6.28. The van der Waals surface area contributed by atoms with Gasteiger partial charge in [-0.3, -0.25) is 10.1 Å². The molecule has 0 N–H and O–H groups in total. The predicted octanol–water partition coefficient (Wildman–Crippen LogP) is 2.97. The number of aryl methyl sites for hydroxylation is 1. The Kier molecular flexibility index (Phi) is 4.19. The summed E-state index contributed by atoms with van der Waals surface area (Å²) in [5, 5.41) is 11.3. The van der Waals surface area contributed by atoms with Crippen LogP contribution in [0.1, 0.15) is 31.9 Å². The van der Waals surface area contributed by atoms with E-state index in [1.165, 1.54) is 19.3 Å². The third-order valence-corrected chi connectivity index (χ3v) is 3.75. The van der Waals surface area contributed by atoms with Crippen LogP contribution < -0.4 is 4.90 Å². The Balaban J connectivity index is 2.36. The SMILES string of the molecule is CCN(CC1CCC1)c1nc(Cl)nc(C)c1[N+](=O)[O-]. The molecule has 0 spiro atoms. The predicted molar refractivity (Wildman–Crippen MR) is 73.7 cm³/mol. The fraction of sp³-hybridized carbons (Fsp3) is 0.667. The summed E-state index contributed by atoms with van der Waals surface area (Å²) < 4.78 is 0. The first-order valence-electron chi connectivity index (χ1n) is 6.46. The minimum absolute atomic E-state index is 0.0365. The third kappa shape index (κ3) is 2.94. The van der Waals surface area contributed by atoms with Crippen molar-refractivity contribution in [2.45, 2.75) is 33.1 Å². The van der Waals surface area contributed by atoms with Crippen LogP contribution in [0.15, 0.2) is 0 Å². The van der Waals surface area contributed by atoms with Gasteiger partial charge in [-0.15, -0.1) is 0 Å². The van der Waals surface area contributed by atoms with Crippen molar-refractivity contribution in [2.75, 3.05) is 18.0 Å². The number of hydrogen-bond donors (Lipinski definition) is 0. The maximum absolute atomic E-state index is 11.2. The molecule has 2 rings (SSSR count). The first-order chi connectivity index (χ1) is 9.02. The van der Waals surface area contributed by atoms with Crippen molar-refractivity contribution in [1.82, 2.24) is 9.97 Å². The van der Waals surface area contributed by atoms with E-state index in [-0.39, 0.29) is 11.0 Å². The van der Waals surface area contributed by atoms with E-state index in [0.717, 1.165) is 6.54 Å². The second-order valence-corrected chi connectivity index (χ2v) is 5.18. The van der Waals surface area contributed by atoms with Crippen LogP contribution in [0.5, 0.6) is 0 Å². The Bertz CT molecular complexity index is 491. The van der Waals surface area contributed by atoms with Crippen molar-refractivity contribution in [3.8, 4) is 0 Å². The summed E-state index contributed by atoms with van der Waals surface area (Å²) in [5.74, 6) is 0.950. The molecule has 1 aliphatic carbocycles. The molecule has 104 valence electrons. The summed E-state index contributed by atoms with van der Waals surface area (Å²) in [4.78, 5) is 20.7. The molecule has 0 bridgehead atoms. The van der Waals surface area contributed by atoms with Crippen molar-refractivity contribution >= 4 is 23.1 Å². The van der Waals surface area contributed by atoms with Crippen molar-refractivity contribution in [3.63, 3.8) is 0 Å². The van der Waals surface area contributed by atoms with Gasteiger partial charge in [-0.2, -0.15) is 4.98 Å². The zero-order valence-corrected chi connectivity index (χ0v) is 11.9. The van der Waals surface area contributed by atoms with Gasteiger partial charge in [0, 0.05) is 13.1 Å². The lowest BCUT2D eigenvalue weighted by Crippen LogP contribution is -2.33. The van der Waals surface area contributed by atoms with Crippen LogP contribution in [0.2, 0.25) is 5.28 Å². The molecule has 0 saturated heterocycles. The number of nitro groups is 1. The Labute approximate surface area is 117 Å². The summed E-state index contributed by atoms with van der Waals surface area (Å²) >= 11 is 5.84. The summed E-state index contributed by atoms with van der Waals surface area (Å²) in [6, 6.07) is 0. The van der Waals surface area contributed by atoms with Crippen LogP contribution in [-0.2, 0) is 0 Å². The van der Waals surface area contributed by atoms with Gasteiger partial charge in [0.2, 0.25) is 11.1 Å². The average Bonchev–Trinajstić information content (AvgIpc) is 2.26. The van der Waals surface area contributed by atoms with Crippen molar-refractivity contribution < 1.29 is 4.92 Å². The van der Waals surface area contributed by atoms with Crippen LogP contribution in [0.3, 0.4) is 0 Å². The van der Waals surface area contributed by atoms with Crippen molar-refractivity contribution in [1.29, 1.82) is 0 Å². The Morgan fingerprint density at radius 3 is 2.63 bits per heavy atom. The first kappa shape index (κ1) is 14.0. The smallest absolute Gasteiger partial charge is 0.332 e. The van der Waals surface area contributed by atoms with Crippen LogP contribution in [0.25, 0.3) is 0 Å². The van der Waals surface area contributed by atoms with E-state index in [0.29, 0.717) is 24.0 Å². The lowest BCUT2D eigenvalue weighted by molar-refractivity contribution is -0.385. The molecule has 1 saturated carbocycles. The lowest BCUT2D eigenvalue weighted by atomic mass is 9.85. The number of halogens is 1. The number of nitrogens with zero attached hydrogens (tertiary/aromatic N) is 4. The molecular formula is C12H17ClN4O2. The zero-order valence-electron chi connectivity index (χ0n) is 11.1. The van der Waals surface area contributed by atoms with Gasteiger partial charge < -0.3 is 4.90 Å². The molecule has 1 aliphatic rings. The van der Waals surface area contributed by atoms with Crippen LogP contribution in [0, 0.1) is 23.0 Å². The van der Waals surface area contributed by atoms with Crippen LogP contribution >= 0.6 is 11.6 Å². The Morgan fingerprint density at radius 2 is 2.16 bits per heavy atom. The normalized spacial score (nSPS) is 15.1. The maximum Gasteiger partial charge on any atom is 0.332 e. The highest BCUT2D eigenvalue weighted by atomic mass is 35.5. The molecule has 0 radical (unpaired) electrons. The van der Waals surface area contributed by atoms with Gasteiger partial charge in [-0.25, -0.2) is 4.98 Å². The van der Waals surface area contributed by atoms with E-state index in [4.69, 9.17) is 11.6 Å². The summed E-state index contributed by atoms with van der Waals surface area (Å²) in [7, 11) is 0. The van der Waals surface area contributed by atoms with E-state index in [1.807, 2.05) is 11.8 Å². The maximum atomic E-state index is 11.2. The van der Waals surface area contributed by atoms with Gasteiger partial charge in [0.05, 0.1) is 4.92 Å². The highest BCUT2D eigenvalue weighted by Crippen LogP contribution is 2.33. The van der Waals surface area contributed by atoms with Crippen molar-refractivity contribution in [3.05, 3.63) is 21.1 Å². The molecule has 0 aromatic carbocycles.